The molecule has 4 aromatic rings. The minimum Gasteiger partial charge on any atom is -0.459 e. The summed E-state index contributed by atoms with van der Waals surface area (Å²) in [6.45, 7) is -0.320. The van der Waals surface area contributed by atoms with Gasteiger partial charge in [-0.1, -0.05) is 36.4 Å². The van der Waals surface area contributed by atoms with Crippen molar-refractivity contribution in [3.8, 4) is 0 Å². The first-order chi connectivity index (χ1) is 16.6. The summed E-state index contributed by atoms with van der Waals surface area (Å²) in [5, 5.41) is 0. The third kappa shape index (κ3) is 4.23. The van der Waals surface area contributed by atoms with E-state index in [4.69, 9.17) is 14.2 Å². The molecule has 3 heterocycles. The third-order valence-corrected chi connectivity index (χ3v) is 5.42. The van der Waals surface area contributed by atoms with E-state index >= 15 is 4.39 Å². The summed E-state index contributed by atoms with van der Waals surface area (Å²) < 4.78 is 33.8. The Bertz CT molecular complexity index is 1300. The van der Waals surface area contributed by atoms with E-state index < -0.39 is 36.5 Å². The standard InChI is InChI=1S/C24H19FN4O5/c25-19-20(34-24(31)16-9-5-2-6-10-16)18(12-32-23(30)15-7-3-1-4-8-15)33-22(19)29-14-28-17-11-26-13-27-21(17)29/h1-11,13-14,18-20,22H,12H2. The van der Waals surface area contributed by atoms with Crippen LogP contribution in [0.2, 0.25) is 0 Å². The lowest BCUT2D eigenvalue weighted by molar-refractivity contribution is -0.0570. The van der Waals surface area contributed by atoms with Crippen molar-refractivity contribution in [2.45, 2.75) is 24.6 Å². The van der Waals surface area contributed by atoms with E-state index in [9.17, 15) is 9.59 Å². The van der Waals surface area contributed by atoms with Gasteiger partial charge in [0.1, 0.15) is 24.6 Å². The van der Waals surface area contributed by atoms with Gasteiger partial charge in [0.25, 0.3) is 0 Å². The molecule has 1 aliphatic rings. The predicted octanol–water partition coefficient (Wildman–Crippen LogP) is 3.14. The molecule has 1 fully saturated rings. The number of imidazole rings is 1. The average Bonchev–Trinajstić information content (AvgIpc) is 3.44. The zero-order valence-corrected chi connectivity index (χ0v) is 17.7. The number of halogens is 1. The molecular formula is C24H19FN4O5. The number of esters is 2. The topological polar surface area (TPSA) is 105 Å². The number of carbonyl (C=O) groups excluding carboxylic acids is 2. The van der Waals surface area contributed by atoms with Gasteiger partial charge in [-0.15, -0.1) is 0 Å². The summed E-state index contributed by atoms with van der Waals surface area (Å²) in [5.41, 5.74) is 1.41. The maximum atomic E-state index is 15.7. The van der Waals surface area contributed by atoms with Crippen molar-refractivity contribution < 1.29 is 28.2 Å². The second-order valence-electron chi connectivity index (χ2n) is 7.59. The lowest BCUT2D eigenvalue weighted by Crippen LogP contribution is -2.37. The number of aromatic nitrogens is 4. The first-order valence-electron chi connectivity index (χ1n) is 10.5. The highest BCUT2D eigenvalue weighted by Gasteiger charge is 2.49. The van der Waals surface area contributed by atoms with Crippen molar-refractivity contribution in [2.24, 2.45) is 0 Å². The van der Waals surface area contributed by atoms with Gasteiger partial charge in [0, 0.05) is 0 Å². The number of alkyl halides is 1. The Labute approximate surface area is 193 Å². The number of ether oxygens (including phenoxy) is 3. The molecule has 0 spiro atoms. The molecule has 2 aromatic heterocycles. The molecule has 4 unspecified atom stereocenters. The quantitative estimate of drug-likeness (QED) is 0.403. The van der Waals surface area contributed by atoms with E-state index in [1.807, 2.05) is 0 Å². The molecule has 0 amide bonds. The van der Waals surface area contributed by atoms with Gasteiger partial charge in [-0.3, -0.25) is 4.57 Å². The normalized spacial score (nSPS) is 21.9. The number of fused-ring (bicyclic) bond motifs is 1. The number of benzene rings is 2. The number of hydrogen-bond donors (Lipinski definition) is 0. The lowest BCUT2D eigenvalue weighted by Gasteiger charge is -2.19. The van der Waals surface area contributed by atoms with Crippen molar-refractivity contribution in [3.05, 3.63) is 90.6 Å². The van der Waals surface area contributed by atoms with E-state index in [0.717, 1.165) is 0 Å². The SMILES string of the molecule is O=C(OCC1OC(n2cnc3cncnc32)C(F)C1OC(=O)c1ccccc1)c1ccccc1. The minimum atomic E-state index is -1.78. The Morgan fingerprint density at radius 2 is 1.65 bits per heavy atom. The number of hydrogen-bond acceptors (Lipinski definition) is 8. The summed E-state index contributed by atoms with van der Waals surface area (Å²) in [6.07, 6.45) is -1.18. The van der Waals surface area contributed by atoms with Crippen molar-refractivity contribution >= 4 is 23.1 Å². The Morgan fingerprint density at radius 1 is 0.971 bits per heavy atom. The second-order valence-corrected chi connectivity index (χ2v) is 7.59. The van der Waals surface area contributed by atoms with Crippen LogP contribution in [0, 0.1) is 0 Å². The first kappa shape index (κ1) is 21.7. The van der Waals surface area contributed by atoms with Crippen LogP contribution in [0.3, 0.4) is 0 Å². The van der Waals surface area contributed by atoms with Gasteiger partial charge < -0.3 is 14.2 Å². The molecule has 34 heavy (non-hydrogen) atoms. The Balaban J connectivity index is 1.39. The van der Waals surface area contributed by atoms with E-state index in [-0.39, 0.29) is 12.2 Å². The van der Waals surface area contributed by atoms with Gasteiger partial charge in [0.15, 0.2) is 24.2 Å². The van der Waals surface area contributed by atoms with Gasteiger partial charge in [-0.2, -0.15) is 0 Å². The molecule has 1 saturated heterocycles. The van der Waals surface area contributed by atoms with Crippen molar-refractivity contribution in [1.29, 1.82) is 0 Å². The summed E-state index contributed by atoms with van der Waals surface area (Å²) in [7, 11) is 0. The monoisotopic (exact) mass is 462 g/mol. The van der Waals surface area contributed by atoms with Crippen LogP contribution in [-0.4, -0.2) is 56.4 Å². The lowest BCUT2D eigenvalue weighted by atomic mass is 10.1. The highest BCUT2D eigenvalue weighted by Crippen LogP contribution is 2.36. The van der Waals surface area contributed by atoms with E-state index in [1.54, 1.807) is 60.7 Å². The minimum absolute atomic E-state index is 0.263. The molecule has 9 nitrogen and oxygen atoms in total. The van der Waals surface area contributed by atoms with Gasteiger partial charge >= 0.3 is 11.9 Å². The van der Waals surface area contributed by atoms with Gasteiger partial charge in [-0.05, 0) is 24.3 Å². The molecule has 4 atom stereocenters. The van der Waals surface area contributed by atoms with Gasteiger partial charge in [0.2, 0.25) is 0 Å². The Kier molecular flexibility index (Phi) is 5.96. The predicted molar refractivity (Wildman–Crippen MR) is 116 cm³/mol. The fraction of sp³-hybridized carbons (Fsp3) is 0.208. The molecule has 0 saturated carbocycles. The summed E-state index contributed by atoms with van der Waals surface area (Å²) in [5.74, 6) is -1.31. The molecule has 10 heteroatoms. The molecule has 0 aliphatic carbocycles. The fourth-order valence-electron chi connectivity index (χ4n) is 3.75. The Morgan fingerprint density at radius 3 is 2.35 bits per heavy atom. The number of nitrogens with zero attached hydrogens (tertiary/aromatic N) is 4. The van der Waals surface area contributed by atoms with Crippen LogP contribution in [0.4, 0.5) is 4.39 Å². The van der Waals surface area contributed by atoms with Crippen LogP contribution in [-0.2, 0) is 14.2 Å². The Hall–Kier alpha value is -4.18. The summed E-state index contributed by atoms with van der Waals surface area (Å²) >= 11 is 0. The van der Waals surface area contributed by atoms with Gasteiger partial charge in [-0.25, -0.2) is 28.9 Å². The fourth-order valence-corrected chi connectivity index (χ4v) is 3.75. The van der Waals surface area contributed by atoms with Crippen molar-refractivity contribution in [2.75, 3.05) is 6.61 Å². The zero-order chi connectivity index (χ0) is 23.5. The van der Waals surface area contributed by atoms with Crippen LogP contribution in [0.25, 0.3) is 11.2 Å². The molecule has 1 aliphatic heterocycles. The van der Waals surface area contributed by atoms with Crippen molar-refractivity contribution in [1.82, 2.24) is 19.5 Å². The molecule has 0 radical (unpaired) electrons. The summed E-state index contributed by atoms with van der Waals surface area (Å²) in [6, 6.07) is 16.6. The maximum absolute atomic E-state index is 15.7. The smallest absolute Gasteiger partial charge is 0.338 e. The number of rotatable bonds is 6. The highest BCUT2D eigenvalue weighted by atomic mass is 19.1. The van der Waals surface area contributed by atoms with E-state index in [0.29, 0.717) is 16.7 Å². The largest absolute Gasteiger partial charge is 0.459 e. The summed E-state index contributed by atoms with van der Waals surface area (Å²) in [4.78, 5) is 37.3. The number of carbonyl (C=O) groups is 2. The first-order valence-corrected chi connectivity index (χ1v) is 10.5. The highest BCUT2D eigenvalue weighted by molar-refractivity contribution is 5.90. The zero-order valence-electron chi connectivity index (χ0n) is 17.7. The third-order valence-electron chi connectivity index (χ3n) is 5.42. The maximum Gasteiger partial charge on any atom is 0.338 e. The molecular weight excluding hydrogens is 443 g/mol. The van der Waals surface area contributed by atoms with Crippen molar-refractivity contribution in [3.63, 3.8) is 0 Å². The molecule has 2 aromatic carbocycles. The van der Waals surface area contributed by atoms with Crippen LogP contribution < -0.4 is 0 Å². The van der Waals surface area contributed by atoms with Crippen LogP contribution in [0.1, 0.15) is 26.9 Å². The molecule has 0 bridgehead atoms. The van der Waals surface area contributed by atoms with Crippen LogP contribution in [0.5, 0.6) is 0 Å². The van der Waals surface area contributed by atoms with Crippen LogP contribution >= 0.6 is 0 Å². The molecule has 0 N–H and O–H groups in total. The second kappa shape index (κ2) is 9.36. The van der Waals surface area contributed by atoms with E-state index in [1.165, 1.54) is 23.4 Å². The molecule has 5 rings (SSSR count). The van der Waals surface area contributed by atoms with Gasteiger partial charge in [0.05, 0.1) is 23.7 Å². The van der Waals surface area contributed by atoms with E-state index in [2.05, 4.69) is 15.0 Å². The van der Waals surface area contributed by atoms with Crippen LogP contribution in [0.15, 0.2) is 79.5 Å². The average molecular weight is 462 g/mol. The molecule has 172 valence electrons.